The normalized spacial score (nSPS) is 9.62. The SMILES string of the molecule is NCC(=O)NC(=O)NCc1ccc(Cl)cc1. The molecule has 5 nitrogen and oxygen atoms in total. The molecule has 3 amide bonds. The largest absolute Gasteiger partial charge is 0.334 e. The van der Waals surface area contributed by atoms with Gasteiger partial charge < -0.3 is 11.1 Å². The van der Waals surface area contributed by atoms with E-state index in [2.05, 4.69) is 10.6 Å². The summed E-state index contributed by atoms with van der Waals surface area (Å²) in [4.78, 5) is 21.9. The van der Waals surface area contributed by atoms with Crippen LogP contribution >= 0.6 is 11.6 Å². The third kappa shape index (κ3) is 4.29. The Bertz CT molecular complexity index is 378. The van der Waals surface area contributed by atoms with Crippen molar-refractivity contribution in [1.82, 2.24) is 10.6 Å². The molecule has 6 heteroatoms. The van der Waals surface area contributed by atoms with E-state index in [0.29, 0.717) is 11.6 Å². The first kappa shape index (κ1) is 12.5. The molecule has 86 valence electrons. The summed E-state index contributed by atoms with van der Waals surface area (Å²) in [7, 11) is 0. The van der Waals surface area contributed by atoms with E-state index in [9.17, 15) is 9.59 Å². The molecule has 0 fully saturated rings. The maximum absolute atomic E-state index is 11.1. The Balaban J connectivity index is 2.37. The van der Waals surface area contributed by atoms with E-state index in [0.717, 1.165) is 5.56 Å². The Morgan fingerprint density at radius 1 is 1.25 bits per heavy atom. The van der Waals surface area contributed by atoms with Crippen molar-refractivity contribution in [3.63, 3.8) is 0 Å². The Labute approximate surface area is 98.0 Å². The molecule has 0 aliphatic heterocycles. The molecule has 0 unspecified atom stereocenters. The number of rotatable bonds is 3. The molecule has 0 saturated heterocycles. The average Bonchev–Trinajstić information content (AvgIpc) is 2.28. The molecule has 0 spiro atoms. The second-order valence-corrected chi connectivity index (χ2v) is 3.50. The molecule has 0 saturated carbocycles. The lowest BCUT2D eigenvalue weighted by Crippen LogP contribution is -2.41. The Kier molecular flexibility index (Phi) is 4.75. The number of nitrogens with two attached hydrogens (primary N) is 1. The van der Waals surface area contributed by atoms with Gasteiger partial charge in [-0.05, 0) is 17.7 Å². The summed E-state index contributed by atoms with van der Waals surface area (Å²) >= 11 is 5.70. The molecule has 0 aliphatic carbocycles. The highest BCUT2D eigenvalue weighted by molar-refractivity contribution is 6.30. The van der Waals surface area contributed by atoms with Crippen molar-refractivity contribution in [3.8, 4) is 0 Å². The van der Waals surface area contributed by atoms with Gasteiger partial charge in [0, 0.05) is 11.6 Å². The van der Waals surface area contributed by atoms with Crippen molar-refractivity contribution in [2.24, 2.45) is 5.73 Å². The Hall–Kier alpha value is -1.59. The molecule has 16 heavy (non-hydrogen) atoms. The minimum atomic E-state index is -0.564. The average molecular weight is 242 g/mol. The van der Waals surface area contributed by atoms with Gasteiger partial charge in [-0.1, -0.05) is 23.7 Å². The molecule has 0 radical (unpaired) electrons. The lowest BCUT2D eigenvalue weighted by Gasteiger charge is -2.05. The van der Waals surface area contributed by atoms with Crippen LogP contribution in [0.1, 0.15) is 5.56 Å². The number of hydrogen-bond donors (Lipinski definition) is 3. The van der Waals surface area contributed by atoms with Gasteiger partial charge in [-0.3, -0.25) is 10.1 Å². The highest BCUT2D eigenvalue weighted by Gasteiger charge is 2.04. The zero-order valence-corrected chi connectivity index (χ0v) is 9.25. The van der Waals surface area contributed by atoms with Crippen molar-refractivity contribution in [1.29, 1.82) is 0 Å². The summed E-state index contributed by atoms with van der Waals surface area (Å²) < 4.78 is 0. The minimum absolute atomic E-state index is 0.214. The van der Waals surface area contributed by atoms with Gasteiger partial charge in [-0.2, -0.15) is 0 Å². The molecule has 1 aromatic carbocycles. The lowest BCUT2D eigenvalue weighted by atomic mass is 10.2. The Morgan fingerprint density at radius 2 is 1.88 bits per heavy atom. The van der Waals surface area contributed by atoms with Gasteiger partial charge in [0.05, 0.1) is 6.54 Å². The molecule has 1 aromatic rings. The van der Waals surface area contributed by atoms with E-state index < -0.39 is 11.9 Å². The summed E-state index contributed by atoms with van der Waals surface area (Å²) in [5, 5.41) is 5.22. The van der Waals surface area contributed by atoms with E-state index in [-0.39, 0.29) is 6.54 Å². The monoisotopic (exact) mass is 241 g/mol. The van der Waals surface area contributed by atoms with Crippen LogP contribution in [0.5, 0.6) is 0 Å². The van der Waals surface area contributed by atoms with Crippen LogP contribution in [0.4, 0.5) is 4.79 Å². The summed E-state index contributed by atoms with van der Waals surface area (Å²) in [6.45, 7) is 0.106. The topological polar surface area (TPSA) is 84.2 Å². The van der Waals surface area contributed by atoms with Gasteiger partial charge in [0.15, 0.2) is 0 Å². The van der Waals surface area contributed by atoms with E-state index in [1.807, 2.05) is 0 Å². The zero-order chi connectivity index (χ0) is 12.0. The number of hydrogen-bond acceptors (Lipinski definition) is 3. The van der Waals surface area contributed by atoms with Crippen LogP contribution in [0.25, 0.3) is 0 Å². The first-order chi connectivity index (χ1) is 7.61. The fourth-order valence-electron chi connectivity index (χ4n) is 1.01. The van der Waals surface area contributed by atoms with Crippen molar-refractivity contribution in [2.75, 3.05) is 6.54 Å². The number of carbonyl (C=O) groups excluding carboxylic acids is 2. The lowest BCUT2D eigenvalue weighted by molar-refractivity contribution is -0.118. The summed E-state index contributed by atoms with van der Waals surface area (Å²) in [6.07, 6.45) is 0. The minimum Gasteiger partial charge on any atom is -0.334 e. The van der Waals surface area contributed by atoms with Gasteiger partial charge in [0.25, 0.3) is 0 Å². The van der Waals surface area contributed by atoms with Crippen molar-refractivity contribution < 1.29 is 9.59 Å². The first-order valence-corrected chi connectivity index (χ1v) is 5.02. The Morgan fingerprint density at radius 3 is 2.44 bits per heavy atom. The van der Waals surface area contributed by atoms with Crippen LogP contribution in [0, 0.1) is 0 Å². The van der Waals surface area contributed by atoms with Crippen LogP contribution in [0.2, 0.25) is 5.02 Å². The third-order valence-electron chi connectivity index (χ3n) is 1.80. The van der Waals surface area contributed by atoms with E-state index in [1.165, 1.54) is 0 Å². The predicted molar refractivity (Wildman–Crippen MR) is 60.9 cm³/mol. The summed E-state index contributed by atoms with van der Waals surface area (Å²) in [5.41, 5.74) is 5.93. The van der Waals surface area contributed by atoms with Crippen LogP contribution in [-0.2, 0) is 11.3 Å². The number of benzene rings is 1. The number of urea groups is 1. The highest BCUT2D eigenvalue weighted by atomic mass is 35.5. The smallest absolute Gasteiger partial charge is 0.321 e. The highest BCUT2D eigenvalue weighted by Crippen LogP contribution is 2.08. The fourth-order valence-corrected chi connectivity index (χ4v) is 1.13. The van der Waals surface area contributed by atoms with Crippen LogP contribution in [-0.4, -0.2) is 18.5 Å². The van der Waals surface area contributed by atoms with E-state index in [4.69, 9.17) is 17.3 Å². The summed E-state index contributed by atoms with van der Waals surface area (Å²) in [5.74, 6) is -0.520. The van der Waals surface area contributed by atoms with Gasteiger partial charge in [-0.15, -0.1) is 0 Å². The van der Waals surface area contributed by atoms with Gasteiger partial charge in [0.2, 0.25) is 5.91 Å². The van der Waals surface area contributed by atoms with Gasteiger partial charge in [-0.25, -0.2) is 4.79 Å². The van der Waals surface area contributed by atoms with Crippen molar-refractivity contribution >= 4 is 23.5 Å². The molecule has 0 heterocycles. The van der Waals surface area contributed by atoms with Gasteiger partial charge >= 0.3 is 6.03 Å². The molecule has 0 aromatic heterocycles. The molecule has 1 rings (SSSR count). The van der Waals surface area contributed by atoms with Crippen molar-refractivity contribution in [2.45, 2.75) is 6.54 Å². The quantitative estimate of drug-likeness (QED) is 0.726. The van der Waals surface area contributed by atoms with E-state index in [1.54, 1.807) is 24.3 Å². The number of nitrogens with one attached hydrogen (secondary N) is 2. The second kappa shape index (κ2) is 6.09. The molecular formula is C10H12ClN3O2. The molecule has 0 aliphatic rings. The number of halogens is 1. The molecule has 4 N–H and O–H groups in total. The predicted octanol–water partition coefficient (Wildman–Crippen LogP) is 0.624. The van der Waals surface area contributed by atoms with Crippen LogP contribution < -0.4 is 16.4 Å². The van der Waals surface area contributed by atoms with Crippen molar-refractivity contribution in [3.05, 3.63) is 34.9 Å². The summed E-state index contributed by atoms with van der Waals surface area (Å²) in [6, 6.07) is 6.45. The molecular weight excluding hydrogens is 230 g/mol. The molecule has 0 atom stereocenters. The number of carbonyl (C=O) groups is 2. The maximum atomic E-state index is 11.1. The standard InChI is InChI=1S/C10H12ClN3O2/c11-8-3-1-7(2-4-8)6-13-10(16)14-9(15)5-12/h1-4H,5-6,12H2,(H2,13,14,15,16). The number of imide groups is 1. The zero-order valence-electron chi connectivity index (χ0n) is 8.50. The third-order valence-corrected chi connectivity index (χ3v) is 2.06. The van der Waals surface area contributed by atoms with Crippen LogP contribution in [0.3, 0.4) is 0 Å². The first-order valence-electron chi connectivity index (χ1n) is 4.64. The number of amides is 3. The second-order valence-electron chi connectivity index (χ2n) is 3.06. The van der Waals surface area contributed by atoms with E-state index >= 15 is 0 Å². The molecule has 0 bridgehead atoms. The van der Waals surface area contributed by atoms with Crippen LogP contribution in [0.15, 0.2) is 24.3 Å². The van der Waals surface area contributed by atoms with Gasteiger partial charge in [0.1, 0.15) is 0 Å². The maximum Gasteiger partial charge on any atom is 0.321 e. The fraction of sp³-hybridized carbons (Fsp3) is 0.200.